The second kappa shape index (κ2) is 13.2. The molecule has 4 rings (SSSR count). The molecule has 0 aromatic carbocycles. The van der Waals surface area contributed by atoms with Gasteiger partial charge in [0.05, 0.1) is 42.1 Å². The van der Waals surface area contributed by atoms with Crippen LogP contribution in [0.25, 0.3) is 5.57 Å². The van der Waals surface area contributed by atoms with E-state index in [9.17, 15) is 9.59 Å². The van der Waals surface area contributed by atoms with E-state index in [4.69, 9.17) is 0 Å². The highest BCUT2D eigenvalue weighted by atomic mass is 16.2. The summed E-state index contributed by atoms with van der Waals surface area (Å²) in [5.74, 6) is -0.190. The lowest BCUT2D eigenvalue weighted by Crippen LogP contribution is -2.55. The molecule has 4 atom stereocenters. The van der Waals surface area contributed by atoms with E-state index in [1.165, 1.54) is 0 Å². The number of nitrogens with one attached hydrogen (secondary N) is 2. The molecule has 2 amide bonds. The van der Waals surface area contributed by atoms with Crippen molar-refractivity contribution in [3.8, 4) is 0 Å². The van der Waals surface area contributed by atoms with Crippen molar-refractivity contribution >= 4 is 28.8 Å². The number of likely N-dealkylation sites (N-methyl/N-ethyl adjacent to an activating group) is 1. The Balaban J connectivity index is 1.58. The first kappa shape index (κ1) is 31.4. The van der Waals surface area contributed by atoms with Crippen LogP contribution in [0.4, 0.5) is 11.4 Å². The van der Waals surface area contributed by atoms with Crippen molar-refractivity contribution < 1.29 is 14.1 Å². The van der Waals surface area contributed by atoms with Crippen LogP contribution >= 0.6 is 0 Å². The SMILES string of the molecule is CC/C(=C(/C)C(=O)Nc1cc(NC(=O)CC2CCCN2C)cnc1C)[N+]1(C)C(C)C=C(c2cnn(C)c2)C=CC1CC. The molecule has 2 N–H and O–H groups in total. The molecule has 2 aromatic heterocycles. The summed E-state index contributed by atoms with van der Waals surface area (Å²) >= 11 is 0. The van der Waals surface area contributed by atoms with Gasteiger partial charge in [-0.3, -0.25) is 23.7 Å². The van der Waals surface area contributed by atoms with Gasteiger partial charge in [-0.15, -0.1) is 0 Å². The van der Waals surface area contributed by atoms with Crippen LogP contribution in [0.1, 0.15) is 71.1 Å². The van der Waals surface area contributed by atoms with Gasteiger partial charge in [-0.25, -0.2) is 0 Å². The monoisotopic (exact) mass is 574 g/mol. The van der Waals surface area contributed by atoms with E-state index in [2.05, 4.69) is 78.7 Å². The molecule has 2 aliphatic heterocycles. The van der Waals surface area contributed by atoms with Gasteiger partial charge in [0, 0.05) is 44.1 Å². The summed E-state index contributed by atoms with van der Waals surface area (Å²) in [6.07, 6.45) is 16.7. The zero-order valence-electron chi connectivity index (χ0n) is 26.6. The standard InChI is InChI=1S/C33H47N7O2/c1-9-29-14-13-25(26-19-35-39(7)21-26)16-22(3)40(29,8)31(10-2)23(4)33(42)37-30-17-27(20-34-24(30)5)36-32(41)18-28-12-11-15-38(28)6/h13-14,16-17,19-22,28-29H,9-12,15,18H2,1-8H3,(H-,36,37,41,42)/p+1/b31-23+. The third kappa shape index (κ3) is 6.57. The van der Waals surface area contributed by atoms with Crippen molar-refractivity contribution in [1.82, 2.24) is 19.7 Å². The highest BCUT2D eigenvalue weighted by molar-refractivity contribution is 6.04. The predicted molar refractivity (Wildman–Crippen MR) is 170 cm³/mol. The Hall–Kier alpha value is -3.56. The molecule has 0 spiro atoms. The minimum Gasteiger partial charge on any atom is -0.325 e. The fraction of sp³-hybridized carbons (Fsp3) is 0.515. The van der Waals surface area contributed by atoms with Crippen molar-refractivity contribution in [2.75, 3.05) is 31.3 Å². The van der Waals surface area contributed by atoms with Crippen LogP contribution in [0.15, 0.2) is 54.2 Å². The van der Waals surface area contributed by atoms with Crippen LogP contribution in [-0.4, -0.2) is 74.7 Å². The summed E-state index contributed by atoms with van der Waals surface area (Å²) in [4.78, 5) is 33.2. The summed E-state index contributed by atoms with van der Waals surface area (Å²) in [6.45, 7) is 11.4. The predicted octanol–water partition coefficient (Wildman–Crippen LogP) is 5.44. The highest BCUT2D eigenvalue weighted by Gasteiger charge is 2.41. The largest absolute Gasteiger partial charge is 0.325 e. The maximum Gasteiger partial charge on any atom is 0.256 e. The number of allylic oxidation sites excluding steroid dienone is 3. The van der Waals surface area contributed by atoms with Crippen molar-refractivity contribution in [1.29, 1.82) is 0 Å². The van der Waals surface area contributed by atoms with E-state index in [0.29, 0.717) is 33.5 Å². The molecule has 2 aromatic rings. The number of aryl methyl sites for hydroxylation is 2. The van der Waals surface area contributed by atoms with Gasteiger partial charge in [0.25, 0.3) is 5.91 Å². The van der Waals surface area contributed by atoms with E-state index in [1.807, 2.05) is 38.0 Å². The first-order valence-corrected chi connectivity index (χ1v) is 15.2. The average molecular weight is 575 g/mol. The number of aromatic nitrogens is 3. The normalized spacial score (nSPS) is 25.0. The summed E-state index contributed by atoms with van der Waals surface area (Å²) in [5, 5.41) is 10.4. The fourth-order valence-corrected chi connectivity index (χ4v) is 6.60. The number of nitrogens with zero attached hydrogens (tertiary/aromatic N) is 5. The maximum absolute atomic E-state index is 13.8. The van der Waals surface area contributed by atoms with Crippen LogP contribution < -0.4 is 10.6 Å². The molecular formula is C33H48N7O2+. The molecule has 1 fully saturated rings. The number of carbonyl (C=O) groups excluding carboxylic acids is 2. The molecule has 2 aliphatic rings. The van der Waals surface area contributed by atoms with Gasteiger partial charge in [0.15, 0.2) is 0 Å². The molecule has 4 heterocycles. The Bertz CT molecular complexity index is 1400. The molecule has 0 radical (unpaired) electrons. The lowest BCUT2D eigenvalue weighted by molar-refractivity contribution is -0.908. The summed E-state index contributed by atoms with van der Waals surface area (Å²) in [7, 11) is 6.24. The van der Waals surface area contributed by atoms with Crippen LogP contribution in [0, 0.1) is 6.92 Å². The van der Waals surface area contributed by atoms with E-state index in [-0.39, 0.29) is 29.9 Å². The summed E-state index contributed by atoms with van der Waals surface area (Å²) in [6, 6.07) is 2.40. The van der Waals surface area contributed by atoms with Gasteiger partial charge in [0.1, 0.15) is 17.8 Å². The van der Waals surface area contributed by atoms with E-state index in [0.717, 1.165) is 49.1 Å². The third-order valence-electron chi connectivity index (χ3n) is 9.31. The van der Waals surface area contributed by atoms with Gasteiger partial charge in [-0.2, -0.15) is 5.10 Å². The molecule has 226 valence electrons. The number of pyridine rings is 1. The van der Waals surface area contributed by atoms with Gasteiger partial charge in [-0.05, 0) is 71.0 Å². The second-order valence-electron chi connectivity index (χ2n) is 12.0. The van der Waals surface area contributed by atoms with E-state index < -0.39 is 0 Å². The first-order valence-electron chi connectivity index (χ1n) is 15.2. The molecule has 0 bridgehead atoms. The Morgan fingerprint density at radius 1 is 1.17 bits per heavy atom. The number of rotatable bonds is 9. The number of likely N-dealkylation sites (tertiary alicyclic amines) is 1. The van der Waals surface area contributed by atoms with Gasteiger partial charge in [0.2, 0.25) is 5.91 Å². The van der Waals surface area contributed by atoms with Gasteiger partial charge < -0.3 is 15.5 Å². The minimum absolute atomic E-state index is 0.0361. The molecule has 0 saturated carbocycles. The molecular weight excluding hydrogens is 526 g/mol. The van der Waals surface area contributed by atoms with Gasteiger partial charge in [-0.1, -0.05) is 19.9 Å². The molecule has 0 aliphatic carbocycles. The lowest BCUT2D eigenvalue weighted by Gasteiger charge is -2.45. The zero-order valence-corrected chi connectivity index (χ0v) is 26.6. The van der Waals surface area contributed by atoms with Crippen LogP contribution in [0.3, 0.4) is 0 Å². The highest BCUT2D eigenvalue weighted by Crippen LogP contribution is 2.36. The Morgan fingerprint density at radius 2 is 1.93 bits per heavy atom. The molecule has 9 nitrogen and oxygen atoms in total. The quantitative estimate of drug-likeness (QED) is 0.308. The second-order valence-corrected chi connectivity index (χ2v) is 12.0. The maximum atomic E-state index is 13.8. The average Bonchev–Trinajstić information content (AvgIpc) is 3.54. The van der Waals surface area contributed by atoms with Crippen LogP contribution in [-0.2, 0) is 16.6 Å². The van der Waals surface area contributed by atoms with Crippen LogP contribution in [0.5, 0.6) is 0 Å². The number of quaternary nitrogens is 1. The van der Waals surface area contributed by atoms with E-state index >= 15 is 0 Å². The Labute approximate surface area is 251 Å². The van der Waals surface area contributed by atoms with Gasteiger partial charge >= 0.3 is 0 Å². The smallest absolute Gasteiger partial charge is 0.256 e. The Morgan fingerprint density at radius 3 is 2.55 bits per heavy atom. The van der Waals surface area contributed by atoms with Crippen molar-refractivity contribution in [3.63, 3.8) is 0 Å². The molecule has 9 heteroatoms. The van der Waals surface area contributed by atoms with Crippen molar-refractivity contribution in [3.05, 3.63) is 65.4 Å². The Kier molecular flexibility index (Phi) is 9.84. The fourth-order valence-electron chi connectivity index (χ4n) is 6.60. The topological polar surface area (TPSA) is 92.2 Å². The lowest BCUT2D eigenvalue weighted by atomic mass is 10.00. The molecule has 4 unspecified atom stereocenters. The van der Waals surface area contributed by atoms with Crippen molar-refractivity contribution in [2.24, 2.45) is 7.05 Å². The minimum atomic E-state index is -0.154. The van der Waals surface area contributed by atoms with E-state index in [1.54, 1.807) is 12.3 Å². The number of amides is 2. The number of anilines is 2. The molecule has 1 saturated heterocycles. The number of hydrogen-bond donors (Lipinski definition) is 2. The van der Waals surface area contributed by atoms with Crippen LogP contribution in [0.2, 0.25) is 0 Å². The van der Waals surface area contributed by atoms with Crippen molar-refractivity contribution in [2.45, 2.75) is 84.8 Å². The summed E-state index contributed by atoms with van der Waals surface area (Å²) < 4.78 is 2.44. The summed E-state index contributed by atoms with van der Waals surface area (Å²) in [5.41, 5.74) is 5.92. The molecule has 42 heavy (non-hydrogen) atoms. The number of hydrogen-bond acceptors (Lipinski definition) is 5. The first-order chi connectivity index (χ1) is 20.0. The number of carbonyl (C=O) groups is 2. The third-order valence-corrected chi connectivity index (χ3v) is 9.31. The zero-order chi connectivity index (χ0) is 30.6.